The molecule has 0 atom stereocenters. The number of hydrogen-bond donors (Lipinski definition) is 2. The number of nitrogens with zero attached hydrogens (tertiary/aromatic N) is 2. The molecule has 26 heavy (non-hydrogen) atoms. The number of anilines is 1. The van der Waals surface area contributed by atoms with Gasteiger partial charge in [-0.3, -0.25) is 9.69 Å². The van der Waals surface area contributed by atoms with Gasteiger partial charge in [-0.15, -0.1) is 0 Å². The van der Waals surface area contributed by atoms with Crippen LogP contribution in [-0.4, -0.2) is 21.4 Å². The van der Waals surface area contributed by atoms with Gasteiger partial charge in [-0.05, 0) is 30.3 Å². The van der Waals surface area contributed by atoms with Crippen LogP contribution in [0.1, 0.15) is 16.8 Å². The van der Waals surface area contributed by atoms with Crippen LogP contribution in [0.2, 0.25) is 0 Å². The standard InChI is InChI=1S/C20H19FN4O/c21-17-4-2-1-3-14(17)11-25-10-9-18-16(12-25)20(26)24-19(23-18)13-5-7-15(22)8-6-13/h1-8H,9-12,22H2,(H,23,24,26). The van der Waals surface area contributed by atoms with Gasteiger partial charge in [0.1, 0.15) is 11.6 Å². The Morgan fingerprint density at radius 2 is 1.92 bits per heavy atom. The Balaban J connectivity index is 1.59. The zero-order valence-corrected chi connectivity index (χ0v) is 14.2. The van der Waals surface area contributed by atoms with Crippen molar-refractivity contribution in [1.82, 2.24) is 14.9 Å². The molecule has 3 aromatic rings. The Hall–Kier alpha value is -2.99. The fraction of sp³-hybridized carbons (Fsp3) is 0.200. The summed E-state index contributed by atoms with van der Waals surface area (Å²) in [6.45, 7) is 1.68. The molecule has 0 aliphatic carbocycles. The van der Waals surface area contributed by atoms with Crippen LogP contribution < -0.4 is 11.3 Å². The average molecular weight is 350 g/mol. The molecular formula is C20H19FN4O. The molecule has 2 aromatic carbocycles. The van der Waals surface area contributed by atoms with Gasteiger partial charge < -0.3 is 10.7 Å². The van der Waals surface area contributed by atoms with Crippen LogP contribution in [0.3, 0.4) is 0 Å². The van der Waals surface area contributed by atoms with Crippen molar-refractivity contribution in [3.63, 3.8) is 0 Å². The molecule has 132 valence electrons. The summed E-state index contributed by atoms with van der Waals surface area (Å²) < 4.78 is 13.9. The van der Waals surface area contributed by atoms with Crippen molar-refractivity contribution >= 4 is 5.69 Å². The topological polar surface area (TPSA) is 75.0 Å². The fourth-order valence-electron chi connectivity index (χ4n) is 3.26. The largest absolute Gasteiger partial charge is 0.399 e. The zero-order chi connectivity index (χ0) is 18.1. The van der Waals surface area contributed by atoms with Crippen molar-refractivity contribution in [2.45, 2.75) is 19.5 Å². The number of benzene rings is 2. The third-order valence-electron chi connectivity index (χ3n) is 4.68. The van der Waals surface area contributed by atoms with Crippen LogP contribution in [0.4, 0.5) is 10.1 Å². The summed E-state index contributed by atoms with van der Waals surface area (Å²) in [4.78, 5) is 22.1. The predicted molar refractivity (Wildman–Crippen MR) is 98.9 cm³/mol. The van der Waals surface area contributed by atoms with Crippen molar-refractivity contribution < 1.29 is 4.39 Å². The summed E-state index contributed by atoms with van der Waals surface area (Å²) in [6.07, 6.45) is 0.662. The number of nitrogen functional groups attached to an aromatic ring is 1. The molecule has 0 bridgehead atoms. The number of rotatable bonds is 3. The third kappa shape index (κ3) is 3.23. The van der Waals surface area contributed by atoms with Gasteiger partial charge in [-0.1, -0.05) is 18.2 Å². The number of fused-ring (bicyclic) bond motifs is 1. The Morgan fingerprint density at radius 3 is 2.69 bits per heavy atom. The van der Waals surface area contributed by atoms with Gasteiger partial charge in [0.05, 0.1) is 11.3 Å². The summed E-state index contributed by atoms with van der Waals surface area (Å²) in [5, 5.41) is 0. The number of aromatic nitrogens is 2. The SMILES string of the molecule is Nc1ccc(-c2nc3c(c(=O)[nH]2)CN(Cc2ccccc2F)CC3)cc1. The second-order valence-corrected chi connectivity index (χ2v) is 6.51. The average Bonchev–Trinajstić information content (AvgIpc) is 2.64. The monoisotopic (exact) mass is 350 g/mol. The quantitative estimate of drug-likeness (QED) is 0.712. The Kier molecular flexibility index (Phi) is 4.26. The van der Waals surface area contributed by atoms with E-state index in [9.17, 15) is 9.18 Å². The van der Waals surface area contributed by atoms with Gasteiger partial charge in [0, 0.05) is 42.9 Å². The first-order valence-electron chi connectivity index (χ1n) is 8.54. The van der Waals surface area contributed by atoms with E-state index in [4.69, 9.17) is 5.73 Å². The number of nitrogens with two attached hydrogens (primary N) is 1. The van der Waals surface area contributed by atoms with E-state index in [1.54, 1.807) is 24.3 Å². The third-order valence-corrected chi connectivity index (χ3v) is 4.68. The van der Waals surface area contributed by atoms with E-state index >= 15 is 0 Å². The number of aromatic amines is 1. The summed E-state index contributed by atoms with van der Waals surface area (Å²) >= 11 is 0. The molecule has 3 N–H and O–H groups in total. The molecule has 6 heteroatoms. The van der Waals surface area contributed by atoms with Crippen molar-refractivity contribution in [1.29, 1.82) is 0 Å². The second kappa shape index (κ2) is 6.72. The molecule has 1 aliphatic heterocycles. The molecule has 2 heterocycles. The van der Waals surface area contributed by atoms with Gasteiger partial charge >= 0.3 is 0 Å². The minimum absolute atomic E-state index is 0.139. The first-order valence-corrected chi connectivity index (χ1v) is 8.54. The van der Waals surface area contributed by atoms with Gasteiger partial charge in [-0.25, -0.2) is 9.37 Å². The Labute approximate surface area is 150 Å². The second-order valence-electron chi connectivity index (χ2n) is 6.51. The molecule has 4 rings (SSSR count). The van der Waals surface area contributed by atoms with Gasteiger partial charge in [0.15, 0.2) is 0 Å². The van der Waals surface area contributed by atoms with E-state index < -0.39 is 0 Å². The number of nitrogens with one attached hydrogen (secondary N) is 1. The molecule has 0 radical (unpaired) electrons. The maximum Gasteiger partial charge on any atom is 0.255 e. The zero-order valence-electron chi connectivity index (χ0n) is 14.2. The molecule has 5 nitrogen and oxygen atoms in total. The molecule has 0 spiro atoms. The number of hydrogen-bond acceptors (Lipinski definition) is 4. The van der Waals surface area contributed by atoms with E-state index in [2.05, 4.69) is 14.9 Å². The highest BCUT2D eigenvalue weighted by molar-refractivity contribution is 5.58. The maximum absolute atomic E-state index is 13.9. The Bertz CT molecular complexity index is 997. The lowest BCUT2D eigenvalue weighted by Gasteiger charge is -2.27. The van der Waals surface area contributed by atoms with Crippen LogP contribution in [0, 0.1) is 5.82 Å². The lowest BCUT2D eigenvalue weighted by molar-refractivity contribution is 0.238. The minimum atomic E-state index is -0.218. The van der Waals surface area contributed by atoms with Crippen molar-refractivity contribution in [2.75, 3.05) is 12.3 Å². The normalized spacial score (nSPS) is 14.2. The first-order chi connectivity index (χ1) is 12.6. The lowest BCUT2D eigenvalue weighted by atomic mass is 10.1. The van der Waals surface area contributed by atoms with E-state index in [0.29, 0.717) is 42.1 Å². The van der Waals surface area contributed by atoms with E-state index in [-0.39, 0.29) is 11.4 Å². The molecule has 1 aliphatic rings. The van der Waals surface area contributed by atoms with Crippen LogP contribution in [-0.2, 0) is 19.5 Å². The van der Waals surface area contributed by atoms with Crippen LogP contribution in [0.5, 0.6) is 0 Å². The van der Waals surface area contributed by atoms with Crippen LogP contribution in [0.25, 0.3) is 11.4 Å². The summed E-state index contributed by atoms with van der Waals surface area (Å²) in [6, 6.07) is 14.0. The van der Waals surface area contributed by atoms with Crippen molar-refractivity contribution in [2.24, 2.45) is 0 Å². The highest BCUT2D eigenvalue weighted by atomic mass is 19.1. The molecule has 0 saturated carbocycles. The Morgan fingerprint density at radius 1 is 1.15 bits per heavy atom. The number of H-pyrrole nitrogens is 1. The highest BCUT2D eigenvalue weighted by Crippen LogP contribution is 2.21. The first kappa shape index (κ1) is 16.5. The van der Waals surface area contributed by atoms with Crippen LogP contribution in [0.15, 0.2) is 53.3 Å². The summed E-state index contributed by atoms with van der Waals surface area (Å²) in [7, 11) is 0. The predicted octanol–water partition coefficient (Wildman–Crippen LogP) is 2.72. The van der Waals surface area contributed by atoms with E-state index in [1.165, 1.54) is 6.07 Å². The van der Waals surface area contributed by atoms with Gasteiger partial charge in [-0.2, -0.15) is 0 Å². The number of halogens is 1. The highest BCUT2D eigenvalue weighted by Gasteiger charge is 2.22. The van der Waals surface area contributed by atoms with Gasteiger partial charge in [0.25, 0.3) is 5.56 Å². The van der Waals surface area contributed by atoms with E-state index in [0.717, 1.165) is 17.8 Å². The summed E-state index contributed by atoms with van der Waals surface area (Å²) in [5.74, 6) is 0.334. The molecule has 0 saturated heterocycles. The summed E-state index contributed by atoms with van der Waals surface area (Å²) in [5.41, 5.74) is 9.17. The maximum atomic E-state index is 13.9. The van der Waals surface area contributed by atoms with Crippen molar-refractivity contribution in [3.8, 4) is 11.4 Å². The van der Waals surface area contributed by atoms with Crippen molar-refractivity contribution in [3.05, 3.63) is 81.5 Å². The van der Waals surface area contributed by atoms with Crippen LogP contribution >= 0.6 is 0 Å². The van der Waals surface area contributed by atoms with E-state index in [1.807, 2.05) is 18.2 Å². The molecule has 1 aromatic heterocycles. The fourth-order valence-corrected chi connectivity index (χ4v) is 3.26. The molecule has 0 amide bonds. The lowest BCUT2D eigenvalue weighted by Crippen LogP contribution is -2.35. The molecular weight excluding hydrogens is 331 g/mol. The molecule has 0 unspecified atom stereocenters. The smallest absolute Gasteiger partial charge is 0.255 e. The van der Waals surface area contributed by atoms with Gasteiger partial charge in [0.2, 0.25) is 0 Å². The minimum Gasteiger partial charge on any atom is -0.399 e. The molecule has 0 fully saturated rings.